The summed E-state index contributed by atoms with van der Waals surface area (Å²) in [5.74, 6) is 0. The molecule has 0 amide bonds. The first-order valence-electron chi connectivity index (χ1n) is 9.85. The standard InChI is InChI=1S/C24H30N2/c1-16-8-6-10-20(14-16)12-13-26-22-15-18(3)25(5)19(4)23(22)21-11-7-9-17(2)24(21)26/h6-11,14,18-19H,12-13,15H2,1-5H3. The molecule has 1 aromatic heterocycles. The topological polar surface area (TPSA) is 8.17 Å². The minimum atomic E-state index is 0.471. The fraction of sp³-hybridized carbons (Fsp3) is 0.417. The van der Waals surface area contributed by atoms with Crippen molar-refractivity contribution in [3.63, 3.8) is 0 Å². The van der Waals surface area contributed by atoms with Gasteiger partial charge in [0, 0.05) is 36.1 Å². The lowest BCUT2D eigenvalue weighted by Gasteiger charge is -2.36. The van der Waals surface area contributed by atoms with Gasteiger partial charge in [-0.25, -0.2) is 0 Å². The molecule has 3 aromatic rings. The third-order valence-electron chi connectivity index (χ3n) is 6.35. The van der Waals surface area contributed by atoms with Crippen molar-refractivity contribution in [2.24, 2.45) is 0 Å². The summed E-state index contributed by atoms with van der Waals surface area (Å²) in [6.07, 6.45) is 2.23. The lowest BCUT2D eigenvalue weighted by molar-refractivity contribution is 0.177. The van der Waals surface area contributed by atoms with E-state index in [-0.39, 0.29) is 0 Å². The van der Waals surface area contributed by atoms with Crippen LogP contribution in [-0.2, 0) is 19.4 Å². The van der Waals surface area contributed by atoms with Gasteiger partial charge in [0.2, 0.25) is 0 Å². The van der Waals surface area contributed by atoms with Crippen LogP contribution in [0.4, 0.5) is 0 Å². The largest absolute Gasteiger partial charge is 0.344 e. The molecule has 0 fully saturated rings. The maximum absolute atomic E-state index is 2.63. The van der Waals surface area contributed by atoms with Gasteiger partial charge >= 0.3 is 0 Å². The number of hydrogen-bond donors (Lipinski definition) is 0. The zero-order valence-electron chi connectivity index (χ0n) is 16.7. The molecule has 2 unspecified atom stereocenters. The molecule has 26 heavy (non-hydrogen) atoms. The molecule has 1 aliphatic heterocycles. The molecule has 0 saturated carbocycles. The fourth-order valence-electron chi connectivity index (χ4n) is 4.72. The number of hydrogen-bond acceptors (Lipinski definition) is 1. The number of aryl methyl sites for hydroxylation is 4. The van der Waals surface area contributed by atoms with Gasteiger partial charge in [-0.05, 0) is 57.9 Å². The van der Waals surface area contributed by atoms with E-state index in [1.165, 1.54) is 27.6 Å². The zero-order chi connectivity index (χ0) is 18.4. The Hall–Kier alpha value is -2.06. The van der Waals surface area contributed by atoms with Crippen molar-refractivity contribution in [1.29, 1.82) is 0 Å². The quantitative estimate of drug-likeness (QED) is 0.613. The minimum absolute atomic E-state index is 0.471. The van der Waals surface area contributed by atoms with E-state index < -0.39 is 0 Å². The van der Waals surface area contributed by atoms with Crippen LogP contribution in [-0.4, -0.2) is 22.6 Å². The summed E-state index contributed by atoms with van der Waals surface area (Å²) in [5.41, 5.74) is 8.72. The van der Waals surface area contributed by atoms with Crippen molar-refractivity contribution in [1.82, 2.24) is 9.47 Å². The molecule has 136 valence electrons. The molecule has 4 rings (SSSR count). The van der Waals surface area contributed by atoms with E-state index in [1.807, 2.05) is 0 Å². The van der Waals surface area contributed by atoms with Crippen LogP contribution in [0.3, 0.4) is 0 Å². The van der Waals surface area contributed by atoms with Gasteiger partial charge in [0.15, 0.2) is 0 Å². The van der Waals surface area contributed by atoms with Gasteiger partial charge in [0.05, 0.1) is 5.52 Å². The Morgan fingerprint density at radius 2 is 1.81 bits per heavy atom. The molecule has 0 N–H and O–H groups in total. The average Bonchev–Trinajstić information content (AvgIpc) is 2.93. The number of likely N-dealkylation sites (N-methyl/N-ethyl adjacent to an activating group) is 1. The first-order chi connectivity index (χ1) is 12.5. The van der Waals surface area contributed by atoms with E-state index in [9.17, 15) is 0 Å². The molecule has 2 atom stereocenters. The van der Waals surface area contributed by atoms with Crippen molar-refractivity contribution in [3.8, 4) is 0 Å². The molecule has 0 saturated heterocycles. The van der Waals surface area contributed by atoms with Crippen molar-refractivity contribution in [3.05, 3.63) is 70.4 Å². The Bertz CT molecular complexity index is 950. The highest BCUT2D eigenvalue weighted by Gasteiger charge is 2.32. The molecule has 0 radical (unpaired) electrons. The lowest BCUT2D eigenvalue weighted by Crippen LogP contribution is -2.38. The van der Waals surface area contributed by atoms with Crippen LogP contribution in [0, 0.1) is 13.8 Å². The molecule has 2 heteroatoms. The normalized spacial score (nSPS) is 20.5. The highest BCUT2D eigenvalue weighted by molar-refractivity contribution is 5.89. The van der Waals surface area contributed by atoms with E-state index in [0.29, 0.717) is 12.1 Å². The van der Waals surface area contributed by atoms with Crippen molar-refractivity contribution in [2.75, 3.05) is 7.05 Å². The van der Waals surface area contributed by atoms with Crippen LogP contribution < -0.4 is 0 Å². The third-order valence-corrected chi connectivity index (χ3v) is 6.35. The summed E-state index contributed by atoms with van der Waals surface area (Å²) in [6.45, 7) is 10.2. The second-order valence-corrected chi connectivity index (χ2v) is 8.12. The third kappa shape index (κ3) is 2.77. The van der Waals surface area contributed by atoms with E-state index in [2.05, 4.69) is 86.7 Å². The summed E-state index contributed by atoms with van der Waals surface area (Å²) in [7, 11) is 2.27. The van der Waals surface area contributed by atoms with Crippen molar-refractivity contribution >= 4 is 10.9 Å². The number of fused-ring (bicyclic) bond motifs is 3. The monoisotopic (exact) mass is 346 g/mol. The summed E-state index contributed by atoms with van der Waals surface area (Å²) in [5, 5.41) is 1.45. The lowest BCUT2D eigenvalue weighted by atomic mass is 9.93. The Morgan fingerprint density at radius 1 is 1.04 bits per heavy atom. The predicted octanol–water partition coefficient (Wildman–Crippen LogP) is 5.44. The highest BCUT2D eigenvalue weighted by Crippen LogP contribution is 2.40. The molecule has 0 aliphatic carbocycles. The van der Waals surface area contributed by atoms with Gasteiger partial charge in [0.1, 0.15) is 0 Å². The van der Waals surface area contributed by atoms with E-state index in [0.717, 1.165) is 19.4 Å². The number of aromatic nitrogens is 1. The first-order valence-corrected chi connectivity index (χ1v) is 9.85. The van der Waals surface area contributed by atoms with Gasteiger partial charge in [-0.2, -0.15) is 0 Å². The van der Waals surface area contributed by atoms with Gasteiger partial charge in [-0.1, -0.05) is 48.0 Å². The molecule has 2 aromatic carbocycles. The second-order valence-electron chi connectivity index (χ2n) is 8.12. The van der Waals surface area contributed by atoms with Crippen LogP contribution in [0.15, 0.2) is 42.5 Å². The van der Waals surface area contributed by atoms with E-state index in [4.69, 9.17) is 0 Å². The zero-order valence-corrected chi connectivity index (χ0v) is 16.7. The van der Waals surface area contributed by atoms with Crippen LogP contribution in [0.2, 0.25) is 0 Å². The van der Waals surface area contributed by atoms with Crippen LogP contribution in [0.5, 0.6) is 0 Å². The van der Waals surface area contributed by atoms with Crippen molar-refractivity contribution < 1.29 is 0 Å². The fourth-order valence-corrected chi connectivity index (χ4v) is 4.72. The Morgan fingerprint density at radius 3 is 2.58 bits per heavy atom. The average molecular weight is 347 g/mol. The summed E-state index contributed by atoms with van der Waals surface area (Å²) in [4.78, 5) is 2.52. The number of para-hydroxylation sites is 1. The molecular formula is C24H30N2. The molecule has 1 aliphatic rings. The SMILES string of the molecule is Cc1cccc(CCn2c3c(c4cccc(C)c42)C(C)N(C)C(C)C3)c1. The maximum Gasteiger partial charge on any atom is 0.0515 e. The van der Waals surface area contributed by atoms with Gasteiger partial charge in [-0.15, -0.1) is 0 Å². The van der Waals surface area contributed by atoms with Crippen LogP contribution >= 0.6 is 0 Å². The van der Waals surface area contributed by atoms with Gasteiger partial charge < -0.3 is 4.57 Å². The summed E-state index contributed by atoms with van der Waals surface area (Å²) < 4.78 is 2.63. The molecule has 2 heterocycles. The highest BCUT2D eigenvalue weighted by atomic mass is 15.2. The van der Waals surface area contributed by atoms with E-state index in [1.54, 1.807) is 11.3 Å². The Labute approximate surface area is 157 Å². The van der Waals surface area contributed by atoms with Crippen LogP contribution in [0.1, 0.15) is 47.8 Å². The molecule has 0 bridgehead atoms. The molecular weight excluding hydrogens is 316 g/mol. The minimum Gasteiger partial charge on any atom is -0.344 e. The van der Waals surface area contributed by atoms with Gasteiger partial charge in [-0.3, -0.25) is 4.90 Å². The van der Waals surface area contributed by atoms with E-state index >= 15 is 0 Å². The first kappa shape index (κ1) is 17.4. The maximum atomic E-state index is 2.63. The predicted molar refractivity (Wildman–Crippen MR) is 111 cm³/mol. The second kappa shape index (κ2) is 6.59. The van der Waals surface area contributed by atoms with Crippen molar-refractivity contribution in [2.45, 2.75) is 59.2 Å². The molecule has 2 nitrogen and oxygen atoms in total. The smallest absolute Gasteiger partial charge is 0.0515 e. The number of nitrogens with zero attached hydrogens (tertiary/aromatic N) is 2. The Kier molecular flexibility index (Phi) is 4.40. The number of benzene rings is 2. The number of rotatable bonds is 3. The summed E-state index contributed by atoms with van der Waals surface area (Å²) in [6, 6.07) is 16.8. The van der Waals surface area contributed by atoms with Crippen LogP contribution in [0.25, 0.3) is 10.9 Å². The Balaban J connectivity index is 1.82. The van der Waals surface area contributed by atoms with Gasteiger partial charge in [0.25, 0.3) is 0 Å². The molecule has 0 spiro atoms. The summed E-state index contributed by atoms with van der Waals surface area (Å²) >= 11 is 0.